The molecule has 25 heavy (non-hydrogen) atoms. The van der Waals surface area contributed by atoms with E-state index in [4.69, 9.17) is 0 Å². The number of nitrogens with one attached hydrogen (secondary N) is 2. The summed E-state index contributed by atoms with van der Waals surface area (Å²) in [6.45, 7) is 5.76. The van der Waals surface area contributed by atoms with Gasteiger partial charge in [-0.2, -0.15) is 0 Å². The fourth-order valence-electron chi connectivity index (χ4n) is 2.60. The van der Waals surface area contributed by atoms with Gasteiger partial charge in [-0.05, 0) is 50.1 Å². The number of anilines is 1. The van der Waals surface area contributed by atoms with E-state index in [0.717, 1.165) is 12.8 Å². The molecule has 0 bridgehead atoms. The zero-order chi connectivity index (χ0) is 18.4. The Morgan fingerprint density at radius 2 is 1.76 bits per heavy atom. The van der Waals surface area contributed by atoms with Gasteiger partial charge >= 0.3 is 0 Å². The van der Waals surface area contributed by atoms with Gasteiger partial charge in [-0.25, -0.2) is 8.42 Å². The van der Waals surface area contributed by atoms with Gasteiger partial charge in [-0.3, -0.25) is 9.52 Å². The third kappa shape index (κ3) is 4.82. The van der Waals surface area contributed by atoms with E-state index in [1.54, 1.807) is 43.3 Å². The van der Waals surface area contributed by atoms with Gasteiger partial charge in [0.15, 0.2) is 0 Å². The third-order valence-electron chi connectivity index (χ3n) is 3.98. The van der Waals surface area contributed by atoms with Gasteiger partial charge in [-0.1, -0.05) is 37.6 Å². The minimum Gasteiger partial charge on any atom is -0.350 e. The van der Waals surface area contributed by atoms with E-state index >= 15 is 0 Å². The quantitative estimate of drug-likeness (QED) is 0.790. The van der Waals surface area contributed by atoms with Crippen molar-refractivity contribution in [1.82, 2.24) is 5.32 Å². The second-order valence-corrected chi connectivity index (χ2v) is 7.74. The molecule has 0 unspecified atom stereocenters. The van der Waals surface area contributed by atoms with Crippen LogP contribution in [0.2, 0.25) is 0 Å². The van der Waals surface area contributed by atoms with Crippen LogP contribution in [0.4, 0.5) is 5.69 Å². The van der Waals surface area contributed by atoms with Crippen LogP contribution in [-0.4, -0.2) is 20.4 Å². The standard InChI is InChI=1S/C19H24N2O3S/c1-4-9-14(2)20-19(22)17-12-8-13-18(15(17)3)21-25(23,24)16-10-6-5-7-11-16/h5-8,10-14,21H,4,9H2,1-3H3,(H,20,22)/t14-/m1/s1. The Balaban J connectivity index is 2.25. The van der Waals surface area contributed by atoms with E-state index in [-0.39, 0.29) is 16.8 Å². The lowest BCUT2D eigenvalue weighted by atomic mass is 10.1. The van der Waals surface area contributed by atoms with Crippen LogP contribution in [0.3, 0.4) is 0 Å². The first-order valence-corrected chi connectivity index (χ1v) is 9.81. The van der Waals surface area contributed by atoms with Crippen LogP contribution < -0.4 is 10.0 Å². The lowest BCUT2D eigenvalue weighted by molar-refractivity contribution is 0.0937. The van der Waals surface area contributed by atoms with Gasteiger partial charge in [0.25, 0.3) is 15.9 Å². The van der Waals surface area contributed by atoms with Crippen molar-refractivity contribution in [2.24, 2.45) is 0 Å². The van der Waals surface area contributed by atoms with E-state index < -0.39 is 10.0 Å². The SMILES string of the molecule is CCC[C@@H](C)NC(=O)c1cccc(NS(=O)(=O)c2ccccc2)c1C. The summed E-state index contributed by atoms with van der Waals surface area (Å²) in [4.78, 5) is 12.6. The molecule has 0 fully saturated rings. The predicted molar refractivity (Wildman–Crippen MR) is 100 cm³/mol. The molecule has 0 radical (unpaired) electrons. The minimum absolute atomic E-state index is 0.0709. The van der Waals surface area contributed by atoms with E-state index in [1.807, 2.05) is 6.92 Å². The molecule has 5 nitrogen and oxygen atoms in total. The minimum atomic E-state index is -3.69. The molecule has 2 aromatic rings. The molecule has 2 rings (SSSR count). The molecule has 0 saturated heterocycles. The Morgan fingerprint density at radius 1 is 1.08 bits per heavy atom. The van der Waals surface area contributed by atoms with Crippen molar-refractivity contribution < 1.29 is 13.2 Å². The average Bonchev–Trinajstić information content (AvgIpc) is 2.57. The summed E-state index contributed by atoms with van der Waals surface area (Å²) in [5, 5.41) is 2.94. The topological polar surface area (TPSA) is 75.3 Å². The maximum Gasteiger partial charge on any atom is 0.261 e. The van der Waals surface area contributed by atoms with Gasteiger partial charge < -0.3 is 5.32 Å². The van der Waals surface area contributed by atoms with Crippen LogP contribution in [0.1, 0.15) is 42.6 Å². The first-order chi connectivity index (χ1) is 11.8. The monoisotopic (exact) mass is 360 g/mol. The number of carbonyl (C=O) groups is 1. The number of sulfonamides is 1. The molecular formula is C19H24N2O3S. The molecular weight excluding hydrogens is 336 g/mol. The van der Waals surface area contributed by atoms with Gasteiger partial charge in [-0.15, -0.1) is 0 Å². The van der Waals surface area contributed by atoms with Crippen LogP contribution >= 0.6 is 0 Å². The summed E-state index contributed by atoms with van der Waals surface area (Å²) in [6, 6.07) is 13.2. The fraction of sp³-hybridized carbons (Fsp3) is 0.316. The third-order valence-corrected chi connectivity index (χ3v) is 5.36. The molecule has 0 saturated carbocycles. The molecule has 2 aromatic carbocycles. The zero-order valence-electron chi connectivity index (χ0n) is 14.7. The van der Waals surface area contributed by atoms with E-state index in [0.29, 0.717) is 16.8 Å². The molecule has 0 aliphatic carbocycles. The van der Waals surface area contributed by atoms with Crippen LogP contribution in [0.5, 0.6) is 0 Å². The maximum absolute atomic E-state index is 12.5. The molecule has 134 valence electrons. The number of benzene rings is 2. The molecule has 1 amide bonds. The van der Waals surface area contributed by atoms with Crippen LogP contribution in [0, 0.1) is 6.92 Å². The van der Waals surface area contributed by atoms with Crippen molar-refractivity contribution in [2.45, 2.75) is 44.6 Å². The van der Waals surface area contributed by atoms with Gasteiger partial charge in [0.2, 0.25) is 0 Å². The van der Waals surface area contributed by atoms with Crippen molar-refractivity contribution in [3.05, 3.63) is 59.7 Å². The van der Waals surface area contributed by atoms with Crippen molar-refractivity contribution >= 4 is 21.6 Å². The molecule has 6 heteroatoms. The summed E-state index contributed by atoms with van der Waals surface area (Å²) in [6.07, 6.45) is 1.88. The second-order valence-electron chi connectivity index (χ2n) is 6.06. The van der Waals surface area contributed by atoms with Gasteiger partial charge in [0.05, 0.1) is 10.6 Å². The van der Waals surface area contributed by atoms with E-state index in [1.165, 1.54) is 12.1 Å². The largest absolute Gasteiger partial charge is 0.350 e. The summed E-state index contributed by atoms with van der Waals surface area (Å²) in [5.74, 6) is -0.195. The highest BCUT2D eigenvalue weighted by atomic mass is 32.2. The lowest BCUT2D eigenvalue weighted by Gasteiger charge is -2.16. The Bertz CT molecular complexity index is 833. The Kier molecular flexibility index (Phi) is 6.20. The van der Waals surface area contributed by atoms with Gasteiger partial charge in [0.1, 0.15) is 0 Å². The number of carbonyl (C=O) groups excluding carboxylic acids is 1. The summed E-state index contributed by atoms with van der Waals surface area (Å²) in [5.41, 5.74) is 1.47. The molecule has 0 aliphatic heterocycles. The highest BCUT2D eigenvalue weighted by Crippen LogP contribution is 2.22. The van der Waals surface area contributed by atoms with Crippen LogP contribution in [0.25, 0.3) is 0 Å². The van der Waals surface area contributed by atoms with Crippen LogP contribution in [-0.2, 0) is 10.0 Å². The van der Waals surface area contributed by atoms with Crippen molar-refractivity contribution in [3.8, 4) is 0 Å². The first kappa shape index (κ1) is 19.0. The summed E-state index contributed by atoms with van der Waals surface area (Å²) in [7, 11) is -3.69. The Labute approximate surface area is 149 Å². The van der Waals surface area contributed by atoms with Gasteiger partial charge in [0, 0.05) is 11.6 Å². The normalized spacial score (nSPS) is 12.4. The first-order valence-electron chi connectivity index (χ1n) is 8.33. The zero-order valence-corrected chi connectivity index (χ0v) is 15.6. The molecule has 1 atom stereocenters. The molecule has 0 heterocycles. The predicted octanol–water partition coefficient (Wildman–Crippen LogP) is 3.71. The van der Waals surface area contributed by atoms with E-state index in [9.17, 15) is 13.2 Å². The van der Waals surface area contributed by atoms with E-state index in [2.05, 4.69) is 17.0 Å². The molecule has 0 aromatic heterocycles. The molecule has 2 N–H and O–H groups in total. The Morgan fingerprint density at radius 3 is 2.40 bits per heavy atom. The Hall–Kier alpha value is -2.34. The number of amides is 1. The second kappa shape index (κ2) is 8.16. The number of hydrogen-bond acceptors (Lipinski definition) is 3. The fourth-order valence-corrected chi connectivity index (χ4v) is 3.75. The number of rotatable bonds is 7. The average molecular weight is 360 g/mol. The smallest absolute Gasteiger partial charge is 0.261 e. The lowest BCUT2D eigenvalue weighted by Crippen LogP contribution is -2.33. The molecule has 0 spiro atoms. The summed E-state index contributed by atoms with van der Waals surface area (Å²) < 4.78 is 27.5. The number of hydrogen-bond donors (Lipinski definition) is 2. The molecule has 0 aliphatic rings. The van der Waals surface area contributed by atoms with Crippen LogP contribution in [0.15, 0.2) is 53.4 Å². The highest BCUT2D eigenvalue weighted by molar-refractivity contribution is 7.92. The maximum atomic E-state index is 12.5. The van der Waals surface area contributed by atoms with Crippen molar-refractivity contribution in [1.29, 1.82) is 0 Å². The highest BCUT2D eigenvalue weighted by Gasteiger charge is 2.18. The summed E-state index contributed by atoms with van der Waals surface area (Å²) >= 11 is 0. The van der Waals surface area contributed by atoms with Crippen molar-refractivity contribution in [2.75, 3.05) is 4.72 Å². The van der Waals surface area contributed by atoms with Crippen molar-refractivity contribution in [3.63, 3.8) is 0 Å².